The number of benzene rings is 4. The number of carbonyl (C=O) groups excluding carboxylic acids is 2. The Labute approximate surface area is 193 Å². The second-order valence-corrected chi connectivity index (χ2v) is 7.38. The van der Waals surface area contributed by atoms with Gasteiger partial charge in [-0.25, -0.2) is 9.59 Å². The standard InChI is InChI=1S/C26H18N2O6/c29-23(27-17-9-5-15(6-10-17)25(31)32)21-13-14-22(20-4-2-1-3-19(20)21)24(30)28-18-11-7-16(8-12-18)26(33)34/h1-14H,(H,27,29)(H,28,30)(H,31,32)(H,33,34). The molecule has 0 saturated heterocycles. The highest BCUT2D eigenvalue weighted by molar-refractivity contribution is 6.19. The summed E-state index contributed by atoms with van der Waals surface area (Å²) in [5.74, 6) is -2.93. The summed E-state index contributed by atoms with van der Waals surface area (Å²) in [6.45, 7) is 0. The lowest BCUT2D eigenvalue weighted by Crippen LogP contribution is -2.15. The number of hydrogen-bond acceptors (Lipinski definition) is 4. The number of carbonyl (C=O) groups is 4. The third kappa shape index (κ3) is 4.61. The maximum atomic E-state index is 12.9. The van der Waals surface area contributed by atoms with E-state index < -0.39 is 23.8 Å². The molecule has 0 spiro atoms. The molecule has 0 radical (unpaired) electrons. The Morgan fingerprint density at radius 1 is 0.500 bits per heavy atom. The zero-order valence-corrected chi connectivity index (χ0v) is 17.6. The van der Waals surface area contributed by atoms with Crippen LogP contribution in [0.3, 0.4) is 0 Å². The summed E-state index contributed by atoms with van der Waals surface area (Å²) >= 11 is 0. The van der Waals surface area contributed by atoms with Crippen LogP contribution in [0.15, 0.2) is 84.9 Å². The Morgan fingerprint density at radius 3 is 1.18 bits per heavy atom. The molecule has 4 aromatic rings. The van der Waals surface area contributed by atoms with Gasteiger partial charge in [0.1, 0.15) is 0 Å². The fourth-order valence-corrected chi connectivity index (χ4v) is 3.48. The average molecular weight is 454 g/mol. The van der Waals surface area contributed by atoms with Gasteiger partial charge in [-0.1, -0.05) is 24.3 Å². The number of anilines is 2. The second-order valence-electron chi connectivity index (χ2n) is 7.38. The molecule has 2 amide bonds. The molecule has 4 rings (SSSR count). The third-order valence-electron chi connectivity index (χ3n) is 5.19. The van der Waals surface area contributed by atoms with Crippen LogP contribution in [0, 0.1) is 0 Å². The van der Waals surface area contributed by atoms with E-state index in [1.165, 1.54) is 48.5 Å². The van der Waals surface area contributed by atoms with Crippen molar-refractivity contribution in [1.82, 2.24) is 0 Å². The van der Waals surface area contributed by atoms with Crippen LogP contribution in [0.5, 0.6) is 0 Å². The summed E-state index contributed by atoms with van der Waals surface area (Å²) in [6, 6.07) is 21.7. The van der Waals surface area contributed by atoms with Gasteiger partial charge in [-0.3, -0.25) is 9.59 Å². The lowest BCUT2D eigenvalue weighted by Gasteiger charge is -2.12. The van der Waals surface area contributed by atoms with Crippen LogP contribution >= 0.6 is 0 Å². The highest BCUT2D eigenvalue weighted by Gasteiger charge is 2.17. The van der Waals surface area contributed by atoms with E-state index in [9.17, 15) is 19.2 Å². The average Bonchev–Trinajstić information content (AvgIpc) is 2.84. The van der Waals surface area contributed by atoms with Gasteiger partial charge in [-0.05, 0) is 71.4 Å². The van der Waals surface area contributed by atoms with E-state index in [2.05, 4.69) is 10.6 Å². The quantitative estimate of drug-likeness (QED) is 0.333. The lowest BCUT2D eigenvalue weighted by molar-refractivity contribution is 0.0686. The number of nitrogens with one attached hydrogen (secondary N) is 2. The molecule has 0 aliphatic heterocycles. The number of aromatic carboxylic acids is 2. The van der Waals surface area contributed by atoms with Crippen LogP contribution in [0.25, 0.3) is 10.8 Å². The number of carboxylic acid groups (broad SMARTS) is 2. The van der Waals surface area contributed by atoms with E-state index >= 15 is 0 Å². The van der Waals surface area contributed by atoms with Gasteiger partial charge < -0.3 is 20.8 Å². The summed E-state index contributed by atoms with van der Waals surface area (Å²) in [5.41, 5.74) is 1.78. The largest absolute Gasteiger partial charge is 0.478 e. The minimum absolute atomic E-state index is 0.108. The molecule has 0 bridgehead atoms. The summed E-state index contributed by atoms with van der Waals surface area (Å²) in [4.78, 5) is 47.9. The Kier molecular flexibility index (Phi) is 6.05. The third-order valence-corrected chi connectivity index (χ3v) is 5.19. The molecule has 0 aromatic heterocycles. The first-order valence-corrected chi connectivity index (χ1v) is 10.1. The Morgan fingerprint density at radius 2 is 0.853 bits per heavy atom. The molecule has 168 valence electrons. The molecule has 8 nitrogen and oxygen atoms in total. The topological polar surface area (TPSA) is 133 Å². The zero-order valence-electron chi connectivity index (χ0n) is 17.6. The van der Waals surface area contributed by atoms with Gasteiger partial charge in [-0.2, -0.15) is 0 Å². The van der Waals surface area contributed by atoms with E-state index in [4.69, 9.17) is 10.2 Å². The number of hydrogen-bond donors (Lipinski definition) is 4. The van der Waals surface area contributed by atoms with Crippen molar-refractivity contribution >= 4 is 45.9 Å². The molecular weight excluding hydrogens is 436 g/mol. The van der Waals surface area contributed by atoms with Crippen molar-refractivity contribution in [1.29, 1.82) is 0 Å². The molecule has 0 saturated carbocycles. The number of fused-ring (bicyclic) bond motifs is 1. The van der Waals surface area contributed by atoms with Gasteiger partial charge >= 0.3 is 11.9 Å². The second kappa shape index (κ2) is 9.25. The molecule has 0 heterocycles. The number of carboxylic acids is 2. The zero-order chi connectivity index (χ0) is 24.2. The fraction of sp³-hybridized carbons (Fsp3) is 0. The predicted octanol–water partition coefficient (Wildman–Crippen LogP) is 4.74. The Hall–Kier alpha value is -4.98. The molecule has 0 unspecified atom stereocenters. The SMILES string of the molecule is O=C(O)c1ccc(NC(=O)c2ccc(C(=O)Nc3ccc(C(=O)O)cc3)c3ccccc23)cc1. The highest BCUT2D eigenvalue weighted by atomic mass is 16.4. The van der Waals surface area contributed by atoms with E-state index in [-0.39, 0.29) is 11.1 Å². The monoisotopic (exact) mass is 454 g/mol. The van der Waals surface area contributed by atoms with Crippen LogP contribution in [0.1, 0.15) is 41.4 Å². The molecule has 0 aliphatic rings. The Bertz CT molecular complexity index is 1320. The highest BCUT2D eigenvalue weighted by Crippen LogP contribution is 2.25. The van der Waals surface area contributed by atoms with Crippen molar-refractivity contribution in [2.75, 3.05) is 10.6 Å². The number of amides is 2. The van der Waals surface area contributed by atoms with E-state index in [0.717, 1.165) is 0 Å². The normalized spacial score (nSPS) is 10.5. The summed E-state index contributed by atoms with van der Waals surface area (Å²) in [6.07, 6.45) is 0. The number of rotatable bonds is 6. The van der Waals surface area contributed by atoms with Gasteiger partial charge in [0.05, 0.1) is 11.1 Å². The molecule has 8 heteroatoms. The molecule has 0 atom stereocenters. The fourth-order valence-electron chi connectivity index (χ4n) is 3.48. The van der Waals surface area contributed by atoms with Crippen LogP contribution < -0.4 is 10.6 Å². The molecule has 0 aliphatic carbocycles. The van der Waals surface area contributed by atoms with Crippen molar-refractivity contribution < 1.29 is 29.4 Å². The summed E-state index contributed by atoms with van der Waals surface area (Å²) in [5, 5.41) is 24.6. The van der Waals surface area contributed by atoms with Crippen molar-refractivity contribution in [2.45, 2.75) is 0 Å². The van der Waals surface area contributed by atoms with Crippen molar-refractivity contribution in [3.05, 3.63) is 107 Å². The molecule has 0 fully saturated rings. The first kappa shape index (κ1) is 22.2. The first-order chi connectivity index (χ1) is 16.3. The van der Waals surface area contributed by atoms with E-state index in [1.807, 2.05) is 0 Å². The molecule has 34 heavy (non-hydrogen) atoms. The predicted molar refractivity (Wildman–Crippen MR) is 127 cm³/mol. The molecular formula is C26H18N2O6. The Balaban J connectivity index is 1.60. The van der Waals surface area contributed by atoms with Crippen LogP contribution in [-0.2, 0) is 0 Å². The van der Waals surface area contributed by atoms with Crippen LogP contribution in [0.4, 0.5) is 11.4 Å². The van der Waals surface area contributed by atoms with Gasteiger partial charge in [0.25, 0.3) is 11.8 Å². The first-order valence-electron chi connectivity index (χ1n) is 10.1. The van der Waals surface area contributed by atoms with Gasteiger partial charge in [-0.15, -0.1) is 0 Å². The van der Waals surface area contributed by atoms with Crippen molar-refractivity contribution in [3.8, 4) is 0 Å². The summed E-state index contributed by atoms with van der Waals surface area (Å²) < 4.78 is 0. The summed E-state index contributed by atoms with van der Waals surface area (Å²) in [7, 11) is 0. The maximum absolute atomic E-state index is 12.9. The lowest BCUT2D eigenvalue weighted by atomic mass is 9.98. The van der Waals surface area contributed by atoms with Crippen LogP contribution in [-0.4, -0.2) is 34.0 Å². The van der Waals surface area contributed by atoms with Crippen molar-refractivity contribution in [2.24, 2.45) is 0 Å². The minimum atomic E-state index is -1.06. The molecule has 4 N–H and O–H groups in total. The smallest absolute Gasteiger partial charge is 0.335 e. The van der Waals surface area contributed by atoms with Crippen molar-refractivity contribution in [3.63, 3.8) is 0 Å². The van der Waals surface area contributed by atoms with E-state index in [1.54, 1.807) is 36.4 Å². The molecule has 4 aromatic carbocycles. The van der Waals surface area contributed by atoms with Gasteiger partial charge in [0, 0.05) is 22.5 Å². The van der Waals surface area contributed by atoms with Gasteiger partial charge in [0.15, 0.2) is 0 Å². The van der Waals surface area contributed by atoms with Crippen LogP contribution in [0.2, 0.25) is 0 Å². The van der Waals surface area contributed by atoms with Gasteiger partial charge in [0.2, 0.25) is 0 Å². The maximum Gasteiger partial charge on any atom is 0.335 e. The minimum Gasteiger partial charge on any atom is -0.478 e. The van der Waals surface area contributed by atoms with E-state index in [0.29, 0.717) is 33.3 Å².